The Kier molecular flexibility index (Phi) is 23.2. The molecule has 3 N–H and O–H groups in total. The summed E-state index contributed by atoms with van der Waals surface area (Å²) in [4.78, 5) is 0. The second kappa shape index (κ2) is 20.3. The SMILES string of the molecule is CCCCCCCO.OCCCCCCO. The van der Waals surface area contributed by atoms with Gasteiger partial charge in [0.05, 0.1) is 0 Å². The molecule has 0 amide bonds. The van der Waals surface area contributed by atoms with Crippen LogP contribution in [-0.4, -0.2) is 35.1 Å². The molecule has 0 unspecified atom stereocenters. The normalized spacial score (nSPS) is 9.75. The van der Waals surface area contributed by atoms with Gasteiger partial charge >= 0.3 is 0 Å². The predicted molar refractivity (Wildman–Crippen MR) is 68.5 cm³/mol. The summed E-state index contributed by atoms with van der Waals surface area (Å²) in [6, 6.07) is 0. The third-order valence-corrected chi connectivity index (χ3v) is 2.33. The number of unbranched alkanes of at least 4 members (excludes halogenated alkanes) is 7. The molecule has 100 valence electrons. The lowest BCUT2D eigenvalue weighted by atomic mass is 10.2. The van der Waals surface area contributed by atoms with E-state index < -0.39 is 0 Å². The molecule has 3 heteroatoms. The van der Waals surface area contributed by atoms with Gasteiger partial charge in [-0.2, -0.15) is 0 Å². The maximum atomic E-state index is 8.37. The molecule has 0 spiro atoms. The summed E-state index contributed by atoms with van der Waals surface area (Å²) in [5, 5.41) is 25.0. The molecule has 0 aliphatic rings. The van der Waals surface area contributed by atoms with E-state index in [1.807, 2.05) is 0 Å². The maximum Gasteiger partial charge on any atom is 0.0431 e. The van der Waals surface area contributed by atoms with Crippen LogP contribution >= 0.6 is 0 Å². The monoisotopic (exact) mass is 234 g/mol. The number of aliphatic hydroxyl groups is 3. The van der Waals surface area contributed by atoms with Crippen molar-refractivity contribution in [2.45, 2.75) is 64.7 Å². The van der Waals surface area contributed by atoms with Crippen molar-refractivity contribution in [1.29, 1.82) is 0 Å². The van der Waals surface area contributed by atoms with Gasteiger partial charge in [0.15, 0.2) is 0 Å². The lowest BCUT2D eigenvalue weighted by Crippen LogP contribution is -1.85. The first kappa shape index (κ1) is 18.3. The summed E-state index contributed by atoms with van der Waals surface area (Å²) in [5.74, 6) is 0. The van der Waals surface area contributed by atoms with Gasteiger partial charge in [0, 0.05) is 19.8 Å². The fourth-order valence-corrected chi connectivity index (χ4v) is 1.29. The van der Waals surface area contributed by atoms with Gasteiger partial charge in [-0.3, -0.25) is 0 Å². The topological polar surface area (TPSA) is 60.7 Å². The zero-order valence-electron chi connectivity index (χ0n) is 10.8. The quantitative estimate of drug-likeness (QED) is 0.509. The Balaban J connectivity index is 0. The summed E-state index contributed by atoms with van der Waals surface area (Å²) in [7, 11) is 0. The highest BCUT2D eigenvalue weighted by molar-refractivity contribution is 4.39. The van der Waals surface area contributed by atoms with E-state index in [9.17, 15) is 0 Å². The summed E-state index contributed by atoms with van der Waals surface area (Å²) >= 11 is 0. The molecule has 0 saturated heterocycles. The van der Waals surface area contributed by atoms with Gasteiger partial charge in [0.25, 0.3) is 0 Å². The largest absolute Gasteiger partial charge is 0.396 e. The third kappa shape index (κ3) is 23.6. The number of hydrogen-bond acceptors (Lipinski definition) is 3. The van der Waals surface area contributed by atoms with Crippen molar-refractivity contribution in [2.24, 2.45) is 0 Å². The molecule has 0 aliphatic carbocycles. The van der Waals surface area contributed by atoms with E-state index in [-0.39, 0.29) is 13.2 Å². The molecule has 3 nitrogen and oxygen atoms in total. The molecule has 0 fully saturated rings. The van der Waals surface area contributed by atoms with Crippen molar-refractivity contribution in [3.63, 3.8) is 0 Å². The van der Waals surface area contributed by atoms with E-state index in [2.05, 4.69) is 6.92 Å². The Morgan fingerprint density at radius 2 is 0.812 bits per heavy atom. The van der Waals surface area contributed by atoms with Crippen LogP contribution < -0.4 is 0 Å². The van der Waals surface area contributed by atoms with Crippen LogP contribution in [0.5, 0.6) is 0 Å². The minimum Gasteiger partial charge on any atom is -0.396 e. The van der Waals surface area contributed by atoms with Crippen LogP contribution in [0.2, 0.25) is 0 Å². The van der Waals surface area contributed by atoms with Gasteiger partial charge in [-0.1, -0.05) is 45.4 Å². The maximum absolute atomic E-state index is 8.37. The molecule has 0 aliphatic heterocycles. The fourth-order valence-electron chi connectivity index (χ4n) is 1.29. The van der Waals surface area contributed by atoms with Gasteiger partial charge < -0.3 is 15.3 Å². The minimum absolute atomic E-state index is 0.283. The van der Waals surface area contributed by atoms with E-state index in [1.165, 1.54) is 25.7 Å². The number of hydrogen-bond donors (Lipinski definition) is 3. The predicted octanol–water partition coefficient (Wildman–Crippen LogP) is 2.48. The first-order chi connectivity index (χ1) is 7.83. The summed E-state index contributed by atoms with van der Waals surface area (Å²) in [5.41, 5.74) is 0. The second-order valence-electron chi connectivity index (χ2n) is 4.00. The molecular weight excluding hydrogens is 204 g/mol. The zero-order chi connectivity index (χ0) is 12.5. The molecule has 0 bridgehead atoms. The minimum atomic E-state index is 0.283. The average Bonchev–Trinajstić information content (AvgIpc) is 2.31. The molecule has 0 atom stereocenters. The fraction of sp³-hybridized carbons (Fsp3) is 1.00. The molecule has 0 aromatic rings. The Labute approximate surface area is 101 Å². The average molecular weight is 234 g/mol. The van der Waals surface area contributed by atoms with Crippen molar-refractivity contribution in [3.8, 4) is 0 Å². The first-order valence-corrected chi connectivity index (χ1v) is 6.66. The third-order valence-electron chi connectivity index (χ3n) is 2.33. The molecule has 0 heterocycles. The molecule has 0 radical (unpaired) electrons. The van der Waals surface area contributed by atoms with Gasteiger partial charge in [-0.25, -0.2) is 0 Å². The highest BCUT2D eigenvalue weighted by atomic mass is 16.3. The van der Waals surface area contributed by atoms with Crippen molar-refractivity contribution >= 4 is 0 Å². The first-order valence-electron chi connectivity index (χ1n) is 6.66. The summed E-state index contributed by atoms with van der Waals surface area (Å²) in [6.45, 7) is 3.12. The molecule has 0 aromatic heterocycles. The van der Waals surface area contributed by atoms with E-state index in [4.69, 9.17) is 15.3 Å². The van der Waals surface area contributed by atoms with Gasteiger partial charge in [-0.05, 0) is 19.3 Å². The van der Waals surface area contributed by atoms with Gasteiger partial charge in [0.2, 0.25) is 0 Å². The van der Waals surface area contributed by atoms with Crippen LogP contribution in [0, 0.1) is 0 Å². The highest BCUT2D eigenvalue weighted by Crippen LogP contribution is 2.00. The van der Waals surface area contributed by atoms with Crippen molar-refractivity contribution < 1.29 is 15.3 Å². The lowest BCUT2D eigenvalue weighted by molar-refractivity contribution is 0.265. The van der Waals surface area contributed by atoms with Gasteiger partial charge in [0.1, 0.15) is 0 Å². The Hall–Kier alpha value is -0.120. The van der Waals surface area contributed by atoms with Crippen molar-refractivity contribution in [1.82, 2.24) is 0 Å². The molecule has 16 heavy (non-hydrogen) atoms. The number of aliphatic hydroxyl groups excluding tert-OH is 3. The lowest BCUT2D eigenvalue weighted by Gasteiger charge is -1.93. The highest BCUT2D eigenvalue weighted by Gasteiger charge is 1.85. The number of rotatable bonds is 10. The molecular formula is C13H30O3. The van der Waals surface area contributed by atoms with Crippen LogP contribution in [0.15, 0.2) is 0 Å². The van der Waals surface area contributed by atoms with E-state index in [0.29, 0.717) is 6.61 Å². The van der Waals surface area contributed by atoms with Crippen LogP contribution in [0.1, 0.15) is 64.7 Å². The van der Waals surface area contributed by atoms with Crippen LogP contribution in [0.3, 0.4) is 0 Å². The van der Waals surface area contributed by atoms with E-state index >= 15 is 0 Å². The van der Waals surface area contributed by atoms with Crippen LogP contribution in [-0.2, 0) is 0 Å². The summed E-state index contributed by atoms with van der Waals surface area (Å²) < 4.78 is 0. The zero-order valence-corrected chi connectivity index (χ0v) is 10.8. The standard InChI is InChI=1S/C7H16O.C6H14O2/c1-2-3-4-5-6-7-8;7-5-3-1-2-4-6-8/h8H,2-7H2,1H3;7-8H,1-6H2. The Morgan fingerprint density at radius 3 is 1.06 bits per heavy atom. The van der Waals surface area contributed by atoms with Crippen molar-refractivity contribution in [2.75, 3.05) is 19.8 Å². The summed E-state index contributed by atoms with van der Waals surface area (Å²) in [6.07, 6.45) is 9.90. The van der Waals surface area contributed by atoms with E-state index in [1.54, 1.807) is 0 Å². The van der Waals surface area contributed by atoms with Gasteiger partial charge in [-0.15, -0.1) is 0 Å². The molecule has 0 saturated carbocycles. The van der Waals surface area contributed by atoms with Crippen LogP contribution in [0.4, 0.5) is 0 Å². The molecule has 0 rings (SSSR count). The second-order valence-corrected chi connectivity index (χ2v) is 4.00. The van der Waals surface area contributed by atoms with Crippen molar-refractivity contribution in [3.05, 3.63) is 0 Å². The Bertz CT molecular complexity index is 73.2. The van der Waals surface area contributed by atoms with Crippen LogP contribution in [0.25, 0.3) is 0 Å². The van der Waals surface area contributed by atoms with E-state index in [0.717, 1.165) is 32.1 Å². The Morgan fingerprint density at radius 1 is 0.500 bits per heavy atom. The smallest absolute Gasteiger partial charge is 0.0431 e. The molecule has 0 aromatic carbocycles.